The van der Waals surface area contributed by atoms with Gasteiger partial charge in [0.05, 0.1) is 0 Å². The number of piperidine rings is 1. The van der Waals surface area contributed by atoms with Crippen LogP contribution in [0.3, 0.4) is 0 Å². The Morgan fingerprint density at radius 3 is 2.58 bits per heavy atom. The summed E-state index contributed by atoms with van der Waals surface area (Å²) in [5, 5.41) is 0. The van der Waals surface area contributed by atoms with E-state index >= 15 is 0 Å². The average molecular weight is 189 g/mol. The molecule has 1 fully saturated rings. The maximum absolute atomic E-state index is 2.45. The predicted molar refractivity (Wildman–Crippen MR) is 60.0 cm³/mol. The summed E-state index contributed by atoms with van der Waals surface area (Å²) in [7, 11) is 2.23. The van der Waals surface area contributed by atoms with E-state index in [-0.39, 0.29) is 0 Å². The Labute approximate surface area is 81.9 Å². The standard InChI is InChI=1S/C8H17NS.C2H6/c1-9-5-3-4-8(6-9)7-10-2;1-2/h8H,3-7H2,1-2H3;1-2H3. The maximum atomic E-state index is 2.45. The Hall–Kier alpha value is 0.310. The van der Waals surface area contributed by atoms with Gasteiger partial charge in [-0.2, -0.15) is 11.8 Å². The van der Waals surface area contributed by atoms with E-state index < -0.39 is 0 Å². The molecular formula is C10H23NS. The van der Waals surface area contributed by atoms with E-state index in [2.05, 4.69) is 18.2 Å². The molecule has 0 amide bonds. The first kappa shape index (κ1) is 12.3. The van der Waals surface area contributed by atoms with Crippen LogP contribution in [0.5, 0.6) is 0 Å². The molecule has 2 heteroatoms. The number of hydrogen-bond acceptors (Lipinski definition) is 2. The molecular weight excluding hydrogens is 166 g/mol. The van der Waals surface area contributed by atoms with Crippen molar-refractivity contribution < 1.29 is 0 Å². The molecule has 0 aromatic carbocycles. The molecule has 1 aliphatic rings. The zero-order valence-corrected chi connectivity index (χ0v) is 9.78. The van der Waals surface area contributed by atoms with E-state index in [0.29, 0.717) is 0 Å². The summed E-state index contributed by atoms with van der Waals surface area (Å²) in [6, 6.07) is 0. The Morgan fingerprint density at radius 2 is 2.08 bits per heavy atom. The van der Waals surface area contributed by atoms with Crippen molar-refractivity contribution in [2.24, 2.45) is 5.92 Å². The summed E-state index contributed by atoms with van der Waals surface area (Å²) >= 11 is 1.98. The maximum Gasteiger partial charge on any atom is 0.00145 e. The molecule has 0 aliphatic carbocycles. The molecule has 74 valence electrons. The molecule has 1 rings (SSSR count). The van der Waals surface area contributed by atoms with Crippen molar-refractivity contribution in [3.05, 3.63) is 0 Å². The Morgan fingerprint density at radius 1 is 1.42 bits per heavy atom. The smallest absolute Gasteiger partial charge is 0.00145 e. The molecule has 0 N–H and O–H groups in total. The largest absolute Gasteiger partial charge is 0.306 e. The SMILES string of the molecule is CC.CSCC1CCCN(C)C1. The van der Waals surface area contributed by atoms with Gasteiger partial charge in [0.25, 0.3) is 0 Å². The van der Waals surface area contributed by atoms with Crippen LogP contribution < -0.4 is 0 Å². The van der Waals surface area contributed by atoms with Gasteiger partial charge in [0, 0.05) is 6.54 Å². The van der Waals surface area contributed by atoms with Gasteiger partial charge in [-0.3, -0.25) is 0 Å². The fourth-order valence-electron chi connectivity index (χ4n) is 1.64. The van der Waals surface area contributed by atoms with Gasteiger partial charge < -0.3 is 4.90 Å². The van der Waals surface area contributed by atoms with Crippen LogP contribution in [0.25, 0.3) is 0 Å². The lowest BCUT2D eigenvalue weighted by molar-refractivity contribution is 0.224. The van der Waals surface area contributed by atoms with E-state index in [1.165, 1.54) is 31.7 Å². The van der Waals surface area contributed by atoms with Crippen LogP contribution in [0.4, 0.5) is 0 Å². The van der Waals surface area contributed by atoms with Crippen LogP contribution in [-0.2, 0) is 0 Å². The van der Waals surface area contributed by atoms with Gasteiger partial charge in [0.15, 0.2) is 0 Å². The van der Waals surface area contributed by atoms with Crippen molar-refractivity contribution in [3.8, 4) is 0 Å². The fraction of sp³-hybridized carbons (Fsp3) is 1.00. The van der Waals surface area contributed by atoms with Crippen LogP contribution >= 0.6 is 11.8 Å². The fourth-order valence-corrected chi connectivity index (χ4v) is 2.39. The number of thioether (sulfide) groups is 1. The Balaban J connectivity index is 0.000000561. The first-order valence-electron chi connectivity index (χ1n) is 5.00. The number of nitrogens with zero attached hydrogens (tertiary/aromatic N) is 1. The van der Waals surface area contributed by atoms with Crippen molar-refractivity contribution >= 4 is 11.8 Å². The summed E-state index contributed by atoms with van der Waals surface area (Å²) in [5.74, 6) is 2.32. The highest BCUT2D eigenvalue weighted by Crippen LogP contribution is 2.17. The third-order valence-electron chi connectivity index (χ3n) is 2.12. The molecule has 0 spiro atoms. The normalized spacial score (nSPS) is 24.5. The van der Waals surface area contributed by atoms with Crippen molar-refractivity contribution in [2.75, 3.05) is 32.1 Å². The minimum atomic E-state index is 0.966. The first-order chi connectivity index (χ1) is 5.83. The van der Waals surface area contributed by atoms with Gasteiger partial charge in [-0.15, -0.1) is 0 Å². The average Bonchev–Trinajstić information content (AvgIpc) is 2.09. The van der Waals surface area contributed by atoms with Crippen LogP contribution in [-0.4, -0.2) is 37.0 Å². The highest BCUT2D eigenvalue weighted by Gasteiger charge is 2.15. The van der Waals surface area contributed by atoms with Gasteiger partial charge in [-0.1, -0.05) is 13.8 Å². The number of hydrogen-bond donors (Lipinski definition) is 0. The Kier molecular flexibility index (Phi) is 8.14. The lowest BCUT2D eigenvalue weighted by Gasteiger charge is -2.28. The molecule has 1 heterocycles. The van der Waals surface area contributed by atoms with Gasteiger partial charge in [0.2, 0.25) is 0 Å². The summed E-state index contributed by atoms with van der Waals surface area (Å²) in [6.07, 6.45) is 5.06. The van der Waals surface area contributed by atoms with Crippen LogP contribution in [0.2, 0.25) is 0 Å². The van der Waals surface area contributed by atoms with E-state index in [1.807, 2.05) is 25.6 Å². The van der Waals surface area contributed by atoms with Crippen molar-refractivity contribution in [2.45, 2.75) is 26.7 Å². The zero-order valence-electron chi connectivity index (χ0n) is 8.97. The molecule has 0 bridgehead atoms. The molecule has 0 aromatic rings. The molecule has 1 aliphatic heterocycles. The van der Waals surface area contributed by atoms with Crippen LogP contribution in [0.1, 0.15) is 26.7 Å². The van der Waals surface area contributed by atoms with Crippen molar-refractivity contribution in [1.29, 1.82) is 0 Å². The highest BCUT2D eigenvalue weighted by atomic mass is 32.2. The van der Waals surface area contributed by atoms with Gasteiger partial charge >= 0.3 is 0 Å². The summed E-state index contributed by atoms with van der Waals surface area (Å²) in [4.78, 5) is 2.45. The third kappa shape index (κ3) is 5.04. The van der Waals surface area contributed by atoms with Crippen molar-refractivity contribution in [1.82, 2.24) is 4.90 Å². The quantitative estimate of drug-likeness (QED) is 0.657. The van der Waals surface area contributed by atoms with E-state index in [0.717, 1.165) is 5.92 Å². The van der Waals surface area contributed by atoms with Gasteiger partial charge in [-0.25, -0.2) is 0 Å². The first-order valence-corrected chi connectivity index (χ1v) is 6.40. The second-order valence-corrected chi connectivity index (χ2v) is 4.14. The molecule has 1 nitrogen and oxygen atoms in total. The van der Waals surface area contributed by atoms with Crippen LogP contribution in [0.15, 0.2) is 0 Å². The summed E-state index contributed by atoms with van der Waals surface area (Å²) < 4.78 is 0. The summed E-state index contributed by atoms with van der Waals surface area (Å²) in [5.41, 5.74) is 0. The molecule has 1 unspecified atom stereocenters. The monoisotopic (exact) mass is 189 g/mol. The number of rotatable bonds is 2. The minimum Gasteiger partial charge on any atom is -0.306 e. The van der Waals surface area contributed by atoms with E-state index in [9.17, 15) is 0 Å². The zero-order chi connectivity index (χ0) is 9.40. The summed E-state index contributed by atoms with van der Waals surface area (Å²) in [6.45, 7) is 6.63. The topological polar surface area (TPSA) is 3.24 Å². The van der Waals surface area contributed by atoms with Gasteiger partial charge in [-0.05, 0) is 44.4 Å². The predicted octanol–water partition coefficient (Wildman–Crippen LogP) is 2.72. The number of likely N-dealkylation sites (tertiary alicyclic amines) is 1. The second-order valence-electron chi connectivity index (χ2n) is 3.23. The molecule has 1 saturated heterocycles. The van der Waals surface area contributed by atoms with E-state index in [4.69, 9.17) is 0 Å². The second kappa shape index (κ2) is 7.93. The highest BCUT2D eigenvalue weighted by molar-refractivity contribution is 7.98. The minimum absolute atomic E-state index is 0.966. The van der Waals surface area contributed by atoms with Crippen molar-refractivity contribution in [3.63, 3.8) is 0 Å². The lowest BCUT2D eigenvalue weighted by atomic mass is 10.0. The molecule has 0 saturated carbocycles. The molecule has 0 aromatic heterocycles. The lowest BCUT2D eigenvalue weighted by Crippen LogP contribution is -2.32. The molecule has 1 atom stereocenters. The Bertz CT molecular complexity index is 93.8. The molecule has 12 heavy (non-hydrogen) atoms. The van der Waals surface area contributed by atoms with Gasteiger partial charge in [0.1, 0.15) is 0 Å². The van der Waals surface area contributed by atoms with Crippen LogP contribution in [0, 0.1) is 5.92 Å². The molecule has 0 radical (unpaired) electrons. The third-order valence-corrected chi connectivity index (χ3v) is 2.93. The van der Waals surface area contributed by atoms with E-state index in [1.54, 1.807) is 0 Å².